The highest BCUT2D eigenvalue weighted by Gasteiger charge is 2.14. The summed E-state index contributed by atoms with van der Waals surface area (Å²) in [4.78, 5) is 11.9. The second-order valence-corrected chi connectivity index (χ2v) is 4.26. The van der Waals surface area contributed by atoms with E-state index in [0.717, 1.165) is 16.5 Å². The zero-order valence-corrected chi connectivity index (χ0v) is 10.2. The molecule has 0 saturated heterocycles. The first-order valence-corrected chi connectivity index (χ1v) is 6.02. The van der Waals surface area contributed by atoms with Crippen molar-refractivity contribution in [3.63, 3.8) is 0 Å². The minimum Gasteiger partial charge on any atom is -0.422 e. The highest BCUT2D eigenvalue weighted by Crippen LogP contribution is 2.30. The summed E-state index contributed by atoms with van der Waals surface area (Å²) >= 11 is 0. The van der Waals surface area contributed by atoms with Gasteiger partial charge in [0.05, 0.1) is 12.2 Å². The molecule has 0 atom stereocenters. The quantitative estimate of drug-likeness (QED) is 0.713. The van der Waals surface area contributed by atoms with Crippen LogP contribution in [0.25, 0.3) is 22.1 Å². The number of hydrogen-bond donors (Lipinski definition) is 1. The largest absolute Gasteiger partial charge is 0.422 e. The summed E-state index contributed by atoms with van der Waals surface area (Å²) in [5.41, 5.74) is 1.99. The van der Waals surface area contributed by atoms with Gasteiger partial charge < -0.3 is 9.52 Å². The fraction of sp³-hybridized carbons (Fsp3) is 0.0625. The number of fused-ring (bicyclic) bond motifs is 1. The fourth-order valence-corrected chi connectivity index (χ4v) is 2.27. The van der Waals surface area contributed by atoms with Crippen LogP contribution in [-0.2, 0) is 6.61 Å². The highest BCUT2D eigenvalue weighted by atomic mass is 16.4. The Morgan fingerprint density at radius 2 is 1.63 bits per heavy atom. The van der Waals surface area contributed by atoms with Crippen molar-refractivity contribution >= 4 is 11.0 Å². The standard InChI is InChI=1S/C16H12O3/c17-10-13-15(11-6-2-1-3-7-11)12-8-4-5-9-14(12)19-16(13)18/h1-9,17H,10H2. The van der Waals surface area contributed by atoms with Gasteiger partial charge in [-0.2, -0.15) is 0 Å². The minimum absolute atomic E-state index is 0.296. The third-order valence-electron chi connectivity index (χ3n) is 3.13. The molecule has 1 N–H and O–H groups in total. The summed E-state index contributed by atoms with van der Waals surface area (Å²) in [5, 5.41) is 10.3. The van der Waals surface area contributed by atoms with E-state index in [0.29, 0.717) is 11.1 Å². The van der Waals surface area contributed by atoms with E-state index in [2.05, 4.69) is 0 Å². The summed E-state index contributed by atoms with van der Waals surface area (Å²) in [6.07, 6.45) is 0. The SMILES string of the molecule is O=c1oc2ccccc2c(-c2ccccc2)c1CO. The van der Waals surface area contributed by atoms with E-state index < -0.39 is 5.63 Å². The van der Waals surface area contributed by atoms with Gasteiger partial charge in [0.1, 0.15) is 5.58 Å². The van der Waals surface area contributed by atoms with Crippen LogP contribution in [-0.4, -0.2) is 5.11 Å². The molecule has 3 aromatic rings. The van der Waals surface area contributed by atoms with Crippen LogP contribution in [0.5, 0.6) is 0 Å². The topological polar surface area (TPSA) is 50.4 Å². The molecular weight excluding hydrogens is 240 g/mol. The molecule has 2 aromatic carbocycles. The molecule has 94 valence electrons. The normalized spacial score (nSPS) is 10.8. The summed E-state index contributed by atoms with van der Waals surface area (Å²) in [6.45, 7) is -0.336. The number of rotatable bonds is 2. The maximum Gasteiger partial charge on any atom is 0.342 e. The van der Waals surface area contributed by atoms with Gasteiger partial charge in [-0.25, -0.2) is 4.79 Å². The number of hydrogen-bond acceptors (Lipinski definition) is 3. The lowest BCUT2D eigenvalue weighted by Crippen LogP contribution is -2.09. The van der Waals surface area contributed by atoms with E-state index in [1.807, 2.05) is 48.5 Å². The summed E-state index contributed by atoms with van der Waals surface area (Å²) in [6, 6.07) is 16.9. The van der Waals surface area contributed by atoms with Crippen LogP contribution in [0.2, 0.25) is 0 Å². The first-order chi connectivity index (χ1) is 9.31. The molecule has 3 heteroatoms. The van der Waals surface area contributed by atoms with Gasteiger partial charge in [-0.05, 0) is 11.6 Å². The second-order valence-electron chi connectivity index (χ2n) is 4.26. The molecule has 0 aliphatic heterocycles. The molecule has 0 amide bonds. The predicted molar refractivity (Wildman–Crippen MR) is 73.8 cm³/mol. The van der Waals surface area contributed by atoms with Crippen LogP contribution in [0.1, 0.15) is 5.56 Å². The Balaban J connectivity index is 2.47. The zero-order valence-electron chi connectivity index (χ0n) is 10.2. The van der Waals surface area contributed by atoms with Crippen molar-refractivity contribution in [3.8, 4) is 11.1 Å². The van der Waals surface area contributed by atoms with E-state index >= 15 is 0 Å². The molecule has 1 aromatic heterocycles. The second kappa shape index (κ2) is 4.71. The number of para-hydroxylation sites is 1. The van der Waals surface area contributed by atoms with Crippen molar-refractivity contribution in [2.24, 2.45) is 0 Å². The smallest absolute Gasteiger partial charge is 0.342 e. The maximum absolute atomic E-state index is 11.9. The third-order valence-corrected chi connectivity index (χ3v) is 3.13. The monoisotopic (exact) mass is 252 g/mol. The molecule has 3 rings (SSSR count). The number of aliphatic hydroxyl groups excluding tert-OH is 1. The van der Waals surface area contributed by atoms with Gasteiger partial charge in [-0.15, -0.1) is 0 Å². The van der Waals surface area contributed by atoms with Gasteiger partial charge in [0.2, 0.25) is 0 Å². The average Bonchev–Trinajstić information content (AvgIpc) is 2.46. The summed E-state index contributed by atoms with van der Waals surface area (Å²) < 4.78 is 5.23. The zero-order chi connectivity index (χ0) is 13.2. The van der Waals surface area contributed by atoms with Gasteiger partial charge >= 0.3 is 5.63 Å². The Hall–Kier alpha value is -2.39. The van der Waals surface area contributed by atoms with Crippen molar-refractivity contribution in [2.75, 3.05) is 0 Å². The Morgan fingerprint density at radius 3 is 2.37 bits per heavy atom. The van der Waals surface area contributed by atoms with E-state index in [-0.39, 0.29) is 6.61 Å². The van der Waals surface area contributed by atoms with Crippen LogP contribution in [0.15, 0.2) is 63.8 Å². The van der Waals surface area contributed by atoms with Crippen molar-refractivity contribution in [1.82, 2.24) is 0 Å². The molecule has 0 spiro atoms. The number of benzene rings is 2. The Bertz CT molecular complexity index is 773. The van der Waals surface area contributed by atoms with Crippen LogP contribution in [0.4, 0.5) is 0 Å². The molecule has 0 aliphatic carbocycles. The Kier molecular flexibility index (Phi) is 2.89. The van der Waals surface area contributed by atoms with Crippen LogP contribution < -0.4 is 5.63 Å². The molecular formula is C16H12O3. The van der Waals surface area contributed by atoms with Gasteiger partial charge in [-0.1, -0.05) is 48.5 Å². The first-order valence-electron chi connectivity index (χ1n) is 6.02. The van der Waals surface area contributed by atoms with Gasteiger partial charge in [-0.3, -0.25) is 0 Å². The van der Waals surface area contributed by atoms with Crippen molar-refractivity contribution < 1.29 is 9.52 Å². The first kappa shape index (κ1) is 11.7. The van der Waals surface area contributed by atoms with Gasteiger partial charge in [0.25, 0.3) is 0 Å². The van der Waals surface area contributed by atoms with E-state index in [1.165, 1.54) is 0 Å². The molecule has 3 nitrogen and oxygen atoms in total. The molecule has 1 heterocycles. The lowest BCUT2D eigenvalue weighted by atomic mass is 9.97. The summed E-state index contributed by atoms with van der Waals surface area (Å²) in [7, 11) is 0. The van der Waals surface area contributed by atoms with Gasteiger partial charge in [0.15, 0.2) is 0 Å². The van der Waals surface area contributed by atoms with Crippen LogP contribution in [0, 0.1) is 0 Å². The molecule has 0 radical (unpaired) electrons. The average molecular weight is 252 g/mol. The Labute approximate surface area is 109 Å². The lowest BCUT2D eigenvalue weighted by molar-refractivity contribution is 0.277. The minimum atomic E-state index is -0.486. The van der Waals surface area contributed by atoms with E-state index in [4.69, 9.17) is 4.42 Å². The third kappa shape index (κ3) is 1.94. The van der Waals surface area contributed by atoms with Crippen LogP contribution >= 0.6 is 0 Å². The Morgan fingerprint density at radius 1 is 0.947 bits per heavy atom. The molecule has 0 unspecified atom stereocenters. The van der Waals surface area contributed by atoms with Crippen LogP contribution in [0.3, 0.4) is 0 Å². The highest BCUT2D eigenvalue weighted by molar-refractivity contribution is 5.94. The molecule has 0 saturated carbocycles. The van der Waals surface area contributed by atoms with E-state index in [9.17, 15) is 9.90 Å². The van der Waals surface area contributed by atoms with Crippen molar-refractivity contribution in [2.45, 2.75) is 6.61 Å². The van der Waals surface area contributed by atoms with Crippen molar-refractivity contribution in [3.05, 3.63) is 70.6 Å². The van der Waals surface area contributed by atoms with E-state index in [1.54, 1.807) is 6.07 Å². The molecule has 0 aliphatic rings. The molecule has 0 fully saturated rings. The van der Waals surface area contributed by atoms with Crippen molar-refractivity contribution in [1.29, 1.82) is 0 Å². The number of aliphatic hydroxyl groups is 1. The molecule has 19 heavy (non-hydrogen) atoms. The fourth-order valence-electron chi connectivity index (χ4n) is 2.27. The summed E-state index contributed by atoms with van der Waals surface area (Å²) in [5.74, 6) is 0. The van der Waals surface area contributed by atoms with Gasteiger partial charge in [0, 0.05) is 10.9 Å². The predicted octanol–water partition coefficient (Wildman–Crippen LogP) is 2.95. The maximum atomic E-state index is 11.9. The molecule has 0 bridgehead atoms. The lowest BCUT2D eigenvalue weighted by Gasteiger charge is -2.09.